The van der Waals surface area contributed by atoms with E-state index < -0.39 is 0 Å². The van der Waals surface area contributed by atoms with Crippen LogP contribution < -0.4 is 10.6 Å². The minimum absolute atomic E-state index is 0.0216. The Bertz CT molecular complexity index is 280. The van der Waals surface area contributed by atoms with Crippen LogP contribution in [-0.2, 0) is 0 Å². The molecule has 1 fully saturated rings. The van der Waals surface area contributed by atoms with E-state index in [2.05, 4.69) is 16.7 Å². The third kappa shape index (κ3) is 4.41. The van der Waals surface area contributed by atoms with E-state index in [1.807, 2.05) is 0 Å². The Hall–Kier alpha value is -0.990. The Balaban J connectivity index is 1.57. The summed E-state index contributed by atoms with van der Waals surface area (Å²) < 4.78 is 0. The van der Waals surface area contributed by atoms with Gasteiger partial charge in [-0.3, -0.25) is 0 Å². The molecule has 17 heavy (non-hydrogen) atoms. The maximum absolute atomic E-state index is 11.6. The van der Waals surface area contributed by atoms with Crippen molar-refractivity contribution in [1.29, 1.82) is 0 Å². The Morgan fingerprint density at radius 2 is 2.06 bits per heavy atom. The van der Waals surface area contributed by atoms with Crippen LogP contribution in [0.3, 0.4) is 0 Å². The highest BCUT2D eigenvalue weighted by Crippen LogP contribution is 2.19. The van der Waals surface area contributed by atoms with Crippen LogP contribution in [0.4, 0.5) is 4.79 Å². The smallest absolute Gasteiger partial charge is 0.315 e. The van der Waals surface area contributed by atoms with Crippen LogP contribution in [0.25, 0.3) is 0 Å². The van der Waals surface area contributed by atoms with Crippen LogP contribution in [-0.4, -0.2) is 18.6 Å². The molecule has 3 nitrogen and oxygen atoms in total. The van der Waals surface area contributed by atoms with E-state index in [1.54, 1.807) is 0 Å². The lowest BCUT2D eigenvalue weighted by molar-refractivity contribution is 0.237. The van der Waals surface area contributed by atoms with E-state index in [-0.39, 0.29) is 6.03 Å². The van der Waals surface area contributed by atoms with Gasteiger partial charge in [-0.1, -0.05) is 24.5 Å². The highest BCUT2D eigenvalue weighted by Gasteiger charge is 2.16. The van der Waals surface area contributed by atoms with Gasteiger partial charge in [-0.15, -0.1) is 0 Å². The SMILES string of the molecule is O=C(NCCC1=CCCCC1)NC1CCCC1. The molecule has 0 aromatic heterocycles. The average molecular weight is 236 g/mol. The summed E-state index contributed by atoms with van der Waals surface area (Å²) in [5.41, 5.74) is 1.53. The summed E-state index contributed by atoms with van der Waals surface area (Å²) in [4.78, 5) is 11.6. The van der Waals surface area contributed by atoms with Crippen LogP contribution in [0.15, 0.2) is 11.6 Å². The van der Waals surface area contributed by atoms with Crippen molar-refractivity contribution in [2.45, 2.75) is 63.8 Å². The van der Waals surface area contributed by atoms with E-state index in [0.717, 1.165) is 25.8 Å². The molecule has 0 bridgehead atoms. The normalized spacial score (nSPS) is 21.1. The summed E-state index contributed by atoms with van der Waals surface area (Å²) in [7, 11) is 0. The molecule has 0 aliphatic heterocycles. The van der Waals surface area contributed by atoms with Crippen LogP contribution >= 0.6 is 0 Å². The van der Waals surface area contributed by atoms with Gasteiger partial charge in [0.2, 0.25) is 0 Å². The molecule has 0 unspecified atom stereocenters. The van der Waals surface area contributed by atoms with Crippen molar-refractivity contribution in [3.8, 4) is 0 Å². The monoisotopic (exact) mass is 236 g/mol. The minimum Gasteiger partial charge on any atom is -0.338 e. The average Bonchev–Trinajstić information content (AvgIpc) is 2.83. The molecule has 2 aliphatic rings. The summed E-state index contributed by atoms with van der Waals surface area (Å²) in [6.45, 7) is 0.782. The van der Waals surface area contributed by atoms with E-state index >= 15 is 0 Å². The second kappa shape index (κ2) is 6.67. The quantitative estimate of drug-likeness (QED) is 0.723. The highest BCUT2D eigenvalue weighted by atomic mass is 16.2. The molecule has 2 amide bonds. The Morgan fingerprint density at radius 1 is 1.24 bits per heavy atom. The van der Waals surface area contributed by atoms with Crippen molar-refractivity contribution in [2.24, 2.45) is 0 Å². The number of carbonyl (C=O) groups is 1. The zero-order valence-electron chi connectivity index (χ0n) is 10.6. The molecular formula is C14H24N2O. The molecule has 96 valence electrons. The van der Waals surface area contributed by atoms with E-state index in [0.29, 0.717) is 6.04 Å². The number of urea groups is 1. The third-order valence-corrected chi connectivity index (χ3v) is 3.81. The first-order valence-corrected chi connectivity index (χ1v) is 7.07. The molecule has 0 aromatic carbocycles. The molecule has 0 heterocycles. The molecule has 0 atom stereocenters. The standard InChI is InChI=1S/C14H24N2O/c17-14(16-13-8-4-5-9-13)15-11-10-12-6-2-1-3-7-12/h6,13H,1-5,7-11H2,(H2,15,16,17). The highest BCUT2D eigenvalue weighted by molar-refractivity contribution is 5.74. The molecule has 0 saturated heterocycles. The summed E-state index contributed by atoms with van der Waals surface area (Å²) in [6, 6.07) is 0.442. The lowest BCUT2D eigenvalue weighted by atomic mass is 9.97. The minimum atomic E-state index is 0.0216. The van der Waals surface area contributed by atoms with Crippen molar-refractivity contribution in [3.63, 3.8) is 0 Å². The zero-order chi connectivity index (χ0) is 11.9. The molecule has 0 aromatic rings. The fourth-order valence-electron chi connectivity index (χ4n) is 2.77. The second-order valence-corrected chi connectivity index (χ2v) is 5.24. The number of allylic oxidation sites excluding steroid dienone is 1. The van der Waals surface area contributed by atoms with Crippen molar-refractivity contribution in [1.82, 2.24) is 10.6 Å². The van der Waals surface area contributed by atoms with Crippen molar-refractivity contribution < 1.29 is 4.79 Å². The summed E-state index contributed by atoms with van der Waals surface area (Å²) in [6.07, 6.45) is 13.3. The first kappa shape index (κ1) is 12.5. The Morgan fingerprint density at radius 3 is 2.76 bits per heavy atom. The van der Waals surface area contributed by atoms with Gasteiger partial charge in [0, 0.05) is 12.6 Å². The number of nitrogens with one attached hydrogen (secondary N) is 2. The van der Waals surface area contributed by atoms with Gasteiger partial charge in [-0.2, -0.15) is 0 Å². The summed E-state index contributed by atoms with van der Waals surface area (Å²) >= 11 is 0. The lowest BCUT2D eigenvalue weighted by Crippen LogP contribution is -2.41. The molecule has 2 aliphatic carbocycles. The summed E-state index contributed by atoms with van der Waals surface area (Å²) in [5.74, 6) is 0. The van der Waals surface area contributed by atoms with Gasteiger partial charge in [-0.05, 0) is 44.9 Å². The maximum atomic E-state index is 11.6. The first-order chi connectivity index (χ1) is 8.34. The predicted octanol–water partition coefficient (Wildman–Crippen LogP) is 3.12. The van der Waals surface area contributed by atoms with Gasteiger partial charge in [0.05, 0.1) is 0 Å². The van der Waals surface area contributed by atoms with Crippen LogP contribution in [0, 0.1) is 0 Å². The molecule has 2 rings (SSSR count). The van der Waals surface area contributed by atoms with Gasteiger partial charge in [0.25, 0.3) is 0 Å². The number of amides is 2. The van der Waals surface area contributed by atoms with Crippen molar-refractivity contribution in [3.05, 3.63) is 11.6 Å². The van der Waals surface area contributed by atoms with E-state index in [4.69, 9.17) is 0 Å². The molecule has 0 spiro atoms. The lowest BCUT2D eigenvalue weighted by Gasteiger charge is -2.15. The van der Waals surface area contributed by atoms with Gasteiger partial charge >= 0.3 is 6.03 Å². The van der Waals surface area contributed by atoms with Crippen LogP contribution in [0.1, 0.15) is 57.8 Å². The molecule has 1 saturated carbocycles. The number of hydrogen-bond donors (Lipinski definition) is 2. The molecule has 0 radical (unpaired) electrons. The summed E-state index contributed by atoms with van der Waals surface area (Å²) in [5, 5.41) is 6.01. The van der Waals surface area contributed by atoms with Gasteiger partial charge in [-0.25, -0.2) is 4.79 Å². The predicted molar refractivity (Wildman–Crippen MR) is 70.0 cm³/mol. The van der Waals surface area contributed by atoms with Gasteiger partial charge < -0.3 is 10.6 Å². The molecule has 3 heteroatoms. The number of carbonyl (C=O) groups excluding carboxylic acids is 1. The second-order valence-electron chi connectivity index (χ2n) is 5.24. The van der Waals surface area contributed by atoms with Crippen molar-refractivity contribution in [2.75, 3.05) is 6.54 Å². The Labute approximate surface area is 104 Å². The third-order valence-electron chi connectivity index (χ3n) is 3.81. The fraction of sp³-hybridized carbons (Fsp3) is 0.786. The van der Waals surface area contributed by atoms with E-state index in [9.17, 15) is 4.79 Å². The Kier molecular flexibility index (Phi) is 4.89. The van der Waals surface area contributed by atoms with Gasteiger partial charge in [0.15, 0.2) is 0 Å². The first-order valence-electron chi connectivity index (χ1n) is 7.07. The van der Waals surface area contributed by atoms with E-state index in [1.165, 1.54) is 44.1 Å². The largest absolute Gasteiger partial charge is 0.338 e. The molecule has 2 N–H and O–H groups in total. The molecular weight excluding hydrogens is 212 g/mol. The maximum Gasteiger partial charge on any atom is 0.315 e. The van der Waals surface area contributed by atoms with Crippen molar-refractivity contribution >= 4 is 6.03 Å². The fourth-order valence-corrected chi connectivity index (χ4v) is 2.77. The zero-order valence-corrected chi connectivity index (χ0v) is 10.6. The number of rotatable bonds is 4. The van der Waals surface area contributed by atoms with Crippen LogP contribution in [0.2, 0.25) is 0 Å². The van der Waals surface area contributed by atoms with Gasteiger partial charge in [0.1, 0.15) is 0 Å². The number of hydrogen-bond acceptors (Lipinski definition) is 1. The topological polar surface area (TPSA) is 41.1 Å². The van der Waals surface area contributed by atoms with Crippen LogP contribution in [0.5, 0.6) is 0 Å².